The van der Waals surface area contributed by atoms with Crippen LogP contribution in [0.5, 0.6) is 5.75 Å². The number of furan rings is 1. The number of fused-ring (bicyclic) bond motifs is 1. The van der Waals surface area contributed by atoms with E-state index in [1.807, 2.05) is 18.2 Å². The van der Waals surface area contributed by atoms with Crippen LogP contribution in [0.3, 0.4) is 0 Å². The van der Waals surface area contributed by atoms with Crippen molar-refractivity contribution in [3.05, 3.63) is 28.4 Å². The fourth-order valence-corrected chi connectivity index (χ4v) is 3.78. The van der Waals surface area contributed by atoms with E-state index in [2.05, 4.69) is 15.9 Å². The summed E-state index contributed by atoms with van der Waals surface area (Å²) in [5.74, 6) is 2.80. The summed E-state index contributed by atoms with van der Waals surface area (Å²) in [7, 11) is 1.67. The quantitative estimate of drug-likeness (QED) is 0.897. The van der Waals surface area contributed by atoms with E-state index in [1.165, 1.54) is 0 Å². The zero-order chi connectivity index (χ0) is 14.1. The second-order valence-electron chi connectivity index (χ2n) is 5.54. The number of benzene rings is 1. The van der Waals surface area contributed by atoms with E-state index in [-0.39, 0.29) is 0 Å². The molecule has 108 valence electrons. The lowest BCUT2D eigenvalue weighted by molar-refractivity contribution is 0.178. The first-order valence-corrected chi connectivity index (χ1v) is 7.89. The summed E-state index contributed by atoms with van der Waals surface area (Å²) in [5.41, 5.74) is 0.900. The van der Waals surface area contributed by atoms with Gasteiger partial charge in [0.05, 0.1) is 11.6 Å². The molecule has 0 saturated heterocycles. The third-order valence-corrected chi connectivity index (χ3v) is 5.15. The van der Waals surface area contributed by atoms with Crippen molar-refractivity contribution in [3.63, 3.8) is 0 Å². The van der Waals surface area contributed by atoms with Crippen molar-refractivity contribution < 1.29 is 14.3 Å². The Kier molecular flexibility index (Phi) is 4.03. The Morgan fingerprint density at radius 3 is 2.70 bits per heavy atom. The molecule has 1 N–H and O–H groups in total. The highest BCUT2D eigenvalue weighted by molar-refractivity contribution is 9.10. The van der Waals surface area contributed by atoms with Crippen molar-refractivity contribution >= 4 is 26.9 Å². The van der Waals surface area contributed by atoms with Crippen LogP contribution in [-0.4, -0.2) is 18.8 Å². The molecule has 1 aliphatic rings. The van der Waals surface area contributed by atoms with Crippen LogP contribution in [0, 0.1) is 5.92 Å². The molecule has 0 atom stereocenters. The highest BCUT2D eigenvalue weighted by Gasteiger charge is 2.27. The molecule has 1 aromatic heterocycles. The van der Waals surface area contributed by atoms with E-state index in [1.54, 1.807) is 7.11 Å². The Labute approximate surface area is 127 Å². The number of halogens is 1. The minimum Gasteiger partial charge on any atom is -0.497 e. The fraction of sp³-hybridized carbons (Fsp3) is 0.500. The number of hydrogen-bond donors (Lipinski definition) is 1. The highest BCUT2D eigenvalue weighted by atomic mass is 79.9. The molecule has 4 heteroatoms. The van der Waals surface area contributed by atoms with Gasteiger partial charge in [0.25, 0.3) is 0 Å². The molecule has 1 aliphatic carbocycles. The molecule has 0 bridgehead atoms. The lowest BCUT2D eigenvalue weighted by Crippen LogP contribution is -2.15. The molecule has 0 amide bonds. The fourth-order valence-electron chi connectivity index (χ4n) is 3.06. The van der Waals surface area contributed by atoms with Gasteiger partial charge in [0.15, 0.2) is 0 Å². The summed E-state index contributed by atoms with van der Waals surface area (Å²) < 4.78 is 12.4. The number of aliphatic hydroxyl groups excluding tert-OH is 1. The van der Waals surface area contributed by atoms with Crippen LogP contribution < -0.4 is 4.74 Å². The van der Waals surface area contributed by atoms with E-state index in [0.717, 1.165) is 52.6 Å². The van der Waals surface area contributed by atoms with Crippen molar-refractivity contribution in [2.75, 3.05) is 13.7 Å². The molecule has 0 aliphatic heterocycles. The summed E-state index contributed by atoms with van der Waals surface area (Å²) >= 11 is 3.68. The second-order valence-corrected chi connectivity index (χ2v) is 6.34. The first-order valence-electron chi connectivity index (χ1n) is 7.09. The molecule has 3 rings (SSSR count). The van der Waals surface area contributed by atoms with Crippen molar-refractivity contribution in [2.24, 2.45) is 5.92 Å². The average molecular weight is 339 g/mol. The summed E-state index contributed by atoms with van der Waals surface area (Å²) in [6.45, 7) is 0.311. The predicted molar refractivity (Wildman–Crippen MR) is 82.3 cm³/mol. The number of aliphatic hydroxyl groups is 1. The van der Waals surface area contributed by atoms with Crippen molar-refractivity contribution in [2.45, 2.75) is 31.6 Å². The summed E-state index contributed by atoms with van der Waals surface area (Å²) in [6.07, 6.45) is 4.32. The standard InChI is InChI=1S/C16H19BrO3/c1-19-12-6-7-14-13(8-12)15(17)16(20-14)11-4-2-10(9-18)3-5-11/h6-8,10-11,18H,2-5,9H2,1H3. The Morgan fingerprint density at radius 1 is 1.30 bits per heavy atom. The molecule has 20 heavy (non-hydrogen) atoms. The summed E-state index contributed by atoms with van der Waals surface area (Å²) in [6, 6.07) is 5.89. The molecule has 1 saturated carbocycles. The van der Waals surface area contributed by atoms with Crippen LogP contribution in [0.4, 0.5) is 0 Å². The Bertz CT molecular complexity index is 597. The van der Waals surface area contributed by atoms with Crippen LogP contribution in [0.1, 0.15) is 37.4 Å². The number of rotatable bonds is 3. The van der Waals surface area contributed by atoms with Gasteiger partial charge in [0.2, 0.25) is 0 Å². The first-order chi connectivity index (χ1) is 9.72. The maximum Gasteiger partial charge on any atom is 0.135 e. The third-order valence-electron chi connectivity index (χ3n) is 4.34. The molecule has 2 aromatic rings. The first kappa shape index (κ1) is 14.0. The van der Waals surface area contributed by atoms with E-state index in [0.29, 0.717) is 18.4 Å². The SMILES string of the molecule is COc1ccc2oc(C3CCC(CO)CC3)c(Br)c2c1. The molecule has 1 fully saturated rings. The van der Waals surface area contributed by atoms with E-state index in [4.69, 9.17) is 9.15 Å². The van der Waals surface area contributed by atoms with Gasteiger partial charge in [-0.15, -0.1) is 0 Å². The zero-order valence-corrected chi connectivity index (χ0v) is 13.1. The summed E-state index contributed by atoms with van der Waals surface area (Å²) in [5, 5.41) is 10.3. The minimum absolute atomic E-state index is 0.311. The lowest BCUT2D eigenvalue weighted by Gasteiger charge is -2.26. The van der Waals surface area contributed by atoms with Gasteiger partial charge in [-0.25, -0.2) is 0 Å². The molecular weight excluding hydrogens is 320 g/mol. The molecule has 0 spiro atoms. The topological polar surface area (TPSA) is 42.6 Å². The second kappa shape index (κ2) is 5.78. The largest absolute Gasteiger partial charge is 0.497 e. The van der Waals surface area contributed by atoms with E-state index in [9.17, 15) is 5.11 Å². The molecular formula is C16H19BrO3. The van der Waals surface area contributed by atoms with Gasteiger partial charge < -0.3 is 14.3 Å². The Hall–Kier alpha value is -1.00. The van der Waals surface area contributed by atoms with Crippen LogP contribution in [-0.2, 0) is 0 Å². The molecule has 0 radical (unpaired) electrons. The van der Waals surface area contributed by atoms with E-state index >= 15 is 0 Å². The maximum atomic E-state index is 9.23. The zero-order valence-electron chi connectivity index (χ0n) is 11.6. The molecule has 1 aromatic carbocycles. The Balaban J connectivity index is 1.90. The predicted octanol–water partition coefficient (Wildman–Crippen LogP) is 4.47. The molecule has 1 heterocycles. The number of methoxy groups -OCH3 is 1. The number of hydrogen-bond acceptors (Lipinski definition) is 3. The molecule has 0 unspecified atom stereocenters. The lowest BCUT2D eigenvalue weighted by atomic mass is 9.81. The normalized spacial score (nSPS) is 23.1. The number of ether oxygens (including phenoxy) is 1. The van der Waals surface area contributed by atoms with E-state index < -0.39 is 0 Å². The van der Waals surface area contributed by atoms with Gasteiger partial charge in [-0.2, -0.15) is 0 Å². The minimum atomic E-state index is 0.311. The van der Waals surface area contributed by atoms with Crippen LogP contribution in [0.15, 0.2) is 27.1 Å². The van der Waals surface area contributed by atoms with Crippen molar-refractivity contribution in [3.8, 4) is 5.75 Å². The van der Waals surface area contributed by atoms with Crippen LogP contribution >= 0.6 is 15.9 Å². The average Bonchev–Trinajstić information content (AvgIpc) is 2.84. The summed E-state index contributed by atoms with van der Waals surface area (Å²) in [4.78, 5) is 0. The van der Waals surface area contributed by atoms with Crippen molar-refractivity contribution in [1.82, 2.24) is 0 Å². The van der Waals surface area contributed by atoms with Gasteiger partial charge >= 0.3 is 0 Å². The smallest absolute Gasteiger partial charge is 0.135 e. The van der Waals surface area contributed by atoms with Crippen LogP contribution in [0.2, 0.25) is 0 Å². The Morgan fingerprint density at radius 2 is 2.05 bits per heavy atom. The maximum absolute atomic E-state index is 9.23. The van der Waals surface area contributed by atoms with Gasteiger partial charge in [-0.05, 0) is 65.7 Å². The van der Waals surface area contributed by atoms with Gasteiger partial charge in [-0.3, -0.25) is 0 Å². The molecule has 3 nitrogen and oxygen atoms in total. The van der Waals surface area contributed by atoms with Gasteiger partial charge in [0.1, 0.15) is 17.1 Å². The van der Waals surface area contributed by atoms with Gasteiger partial charge in [0, 0.05) is 17.9 Å². The van der Waals surface area contributed by atoms with Crippen molar-refractivity contribution in [1.29, 1.82) is 0 Å². The monoisotopic (exact) mass is 338 g/mol. The van der Waals surface area contributed by atoms with Crippen LogP contribution in [0.25, 0.3) is 11.0 Å². The highest BCUT2D eigenvalue weighted by Crippen LogP contribution is 2.43. The van der Waals surface area contributed by atoms with Gasteiger partial charge in [-0.1, -0.05) is 0 Å². The third kappa shape index (κ3) is 2.47.